The van der Waals surface area contributed by atoms with E-state index in [9.17, 15) is 0 Å². The Morgan fingerprint density at radius 2 is 2.08 bits per heavy atom. The molecule has 13 heavy (non-hydrogen) atoms. The van der Waals surface area contributed by atoms with Crippen LogP contribution in [0.15, 0.2) is 0 Å². The van der Waals surface area contributed by atoms with Gasteiger partial charge in [-0.15, -0.1) is 0 Å². The van der Waals surface area contributed by atoms with Crippen molar-refractivity contribution in [1.29, 1.82) is 0 Å². The molecule has 0 rings (SSSR count). The van der Waals surface area contributed by atoms with E-state index in [-0.39, 0.29) is 6.10 Å². The molecule has 0 radical (unpaired) electrons. The van der Waals surface area contributed by atoms with E-state index in [1.165, 1.54) is 0 Å². The molecule has 0 amide bonds. The van der Waals surface area contributed by atoms with Crippen LogP contribution in [0, 0.1) is 0 Å². The lowest BCUT2D eigenvalue weighted by Gasteiger charge is -2.21. The monoisotopic (exact) mass is 190 g/mol. The number of rotatable bonds is 8. The quantitative estimate of drug-likeness (QED) is 0.550. The van der Waals surface area contributed by atoms with Gasteiger partial charge in [-0.2, -0.15) is 0 Å². The zero-order valence-electron chi connectivity index (χ0n) is 8.70. The Morgan fingerprint density at radius 1 is 1.38 bits per heavy atom. The first-order valence-corrected chi connectivity index (χ1v) is 4.80. The summed E-state index contributed by atoms with van der Waals surface area (Å²) in [5.41, 5.74) is 5.46. The molecule has 3 N–H and O–H groups in total. The number of hydrogen-bond donors (Lipinski definition) is 2. The van der Waals surface area contributed by atoms with Crippen LogP contribution < -0.4 is 5.73 Å². The van der Waals surface area contributed by atoms with Gasteiger partial charge in [0.25, 0.3) is 0 Å². The summed E-state index contributed by atoms with van der Waals surface area (Å²) in [6.07, 6.45) is 0.562. The first-order valence-electron chi connectivity index (χ1n) is 4.80. The molecule has 0 aliphatic heterocycles. The second-order valence-electron chi connectivity index (χ2n) is 3.26. The van der Waals surface area contributed by atoms with Gasteiger partial charge in [0, 0.05) is 33.3 Å². The molecule has 1 atom stereocenters. The second-order valence-corrected chi connectivity index (χ2v) is 3.26. The van der Waals surface area contributed by atoms with Crippen molar-refractivity contribution in [3.05, 3.63) is 0 Å². The van der Waals surface area contributed by atoms with Crippen LogP contribution in [0.25, 0.3) is 0 Å². The molecule has 0 saturated carbocycles. The van der Waals surface area contributed by atoms with E-state index in [0.717, 1.165) is 32.7 Å². The first kappa shape index (κ1) is 12.8. The molecular formula is C9H22N2O2. The van der Waals surface area contributed by atoms with E-state index < -0.39 is 0 Å². The summed E-state index contributed by atoms with van der Waals surface area (Å²) in [5, 5.41) is 9.11. The number of aliphatic hydroxyl groups is 1. The fraction of sp³-hybridized carbons (Fsp3) is 1.00. The maximum absolute atomic E-state index is 9.11. The van der Waals surface area contributed by atoms with E-state index >= 15 is 0 Å². The second kappa shape index (κ2) is 8.44. The van der Waals surface area contributed by atoms with Crippen LogP contribution in [0.5, 0.6) is 0 Å². The largest absolute Gasteiger partial charge is 0.393 e. The molecule has 0 saturated heterocycles. The minimum absolute atomic E-state index is 0.234. The lowest BCUT2D eigenvalue weighted by Crippen LogP contribution is -2.34. The fourth-order valence-electron chi connectivity index (χ4n) is 1.11. The number of hydrogen-bond acceptors (Lipinski definition) is 4. The molecule has 0 bridgehead atoms. The molecule has 0 aromatic heterocycles. The Balaban J connectivity index is 3.53. The standard InChI is InChI=1S/C9H22N2O2/c1-9(12)3-5-11(6-4-10)7-8-13-2/h9,12H,3-8,10H2,1-2H3. The summed E-state index contributed by atoms with van der Waals surface area (Å²) in [5.74, 6) is 0. The highest BCUT2D eigenvalue weighted by molar-refractivity contribution is 4.60. The molecule has 4 nitrogen and oxygen atoms in total. The number of aliphatic hydroxyl groups excluding tert-OH is 1. The van der Waals surface area contributed by atoms with Crippen molar-refractivity contribution in [3.63, 3.8) is 0 Å². The average molecular weight is 190 g/mol. The Bertz CT molecular complexity index is 110. The summed E-state index contributed by atoms with van der Waals surface area (Å²) in [6.45, 7) is 5.83. The Kier molecular flexibility index (Phi) is 8.33. The Hall–Kier alpha value is -0.160. The van der Waals surface area contributed by atoms with Crippen molar-refractivity contribution in [2.75, 3.05) is 39.9 Å². The van der Waals surface area contributed by atoms with Gasteiger partial charge in [0.05, 0.1) is 12.7 Å². The third kappa shape index (κ3) is 8.18. The molecule has 4 heteroatoms. The predicted octanol–water partition coefficient (Wildman–Crippen LogP) is -0.336. The lowest BCUT2D eigenvalue weighted by molar-refractivity contribution is 0.125. The molecule has 0 aliphatic carbocycles. The smallest absolute Gasteiger partial charge is 0.0589 e. The maximum Gasteiger partial charge on any atom is 0.0589 e. The van der Waals surface area contributed by atoms with Gasteiger partial charge < -0.3 is 15.6 Å². The molecule has 1 unspecified atom stereocenters. The van der Waals surface area contributed by atoms with Gasteiger partial charge in [-0.05, 0) is 13.3 Å². The highest BCUT2D eigenvalue weighted by atomic mass is 16.5. The molecule has 80 valence electrons. The summed E-state index contributed by atoms with van der Waals surface area (Å²) in [4.78, 5) is 2.20. The molecule has 0 fully saturated rings. The fourth-order valence-corrected chi connectivity index (χ4v) is 1.11. The Morgan fingerprint density at radius 3 is 2.54 bits per heavy atom. The first-order chi connectivity index (χ1) is 6.20. The molecule has 0 spiro atoms. The minimum atomic E-state index is -0.234. The van der Waals surface area contributed by atoms with Crippen molar-refractivity contribution < 1.29 is 9.84 Å². The van der Waals surface area contributed by atoms with E-state index in [0.29, 0.717) is 6.54 Å². The van der Waals surface area contributed by atoms with Crippen molar-refractivity contribution in [3.8, 4) is 0 Å². The lowest BCUT2D eigenvalue weighted by atomic mass is 10.2. The van der Waals surface area contributed by atoms with Crippen LogP contribution in [0.1, 0.15) is 13.3 Å². The van der Waals surface area contributed by atoms with Gasteiger partial charge in [-0.3, -0.25) is 4.90 Å². The Labute approximate surface area is 80.7 Å². The van der Waals surface area contributed by atoms with E-state index in [1.807, 2.05) is 0 Å². The normalized spacial score (nSPS) is 13.6. The molecule has 0 aromatic carbocycles. The van der Waals surface area contributed by atoms with Gasteiger partial charge in [0.15, 0.2) is 0 Å². The van der Waals surface area contributed by atoms with Gasteiger partial charge in [0.1, 0.15) is 0 Å². The SMILES string of the molecule is COCCN(CCN)CCC(C)O. The zero-order chi connectivity index (χ0) is 10.1. The molecule has 0 aromatic rings. The van der Waals surface area contributed by atoms with Crippen molar-refractivity contribution >= 4 is 0 Å². The number of nitrogens with two attached hydrogens (primary N) is 1. The van der Waals surface area contributed by atoms with Crippen molar-refractivity contribution in [2.45, 2.75) is 19.4 Å². The van der Waals surface area contributed by atoms with Gasteiger partial charge in [-0.25, -0.2) is 0 Å². The third-order valence-electron chi connectivity index (χ3n) is 1.92. The number of ether oxygens (including phenoxy) is 1. The van der Waals surface area contributed by atoms with Crippen LogP contribution in [-0.4, -0.2) is 56.0 Å². The number of nitrogens with zero attached hydrogens (tertiary/aromatic N) is 1. The van der Waals surface area contributed by atoms with Crippen LogP contribution in [-0.2, 0) is 4.74 Å². The molecule has 0 heterocycles. The van der Waals surface area contributed by atoms with Gasteiger partial charge >= 0.3 is 0 Å². The van der Waals surface area contributed by atoms with Crippen LogP contribution in [0.3, 0.4) is 0 Å². The summed E-state index contributed by atoms with van der Waals surface area (Å²) in [6, 6.07) is 0. The van der Waals surface area contributed by atoms with Crippen LogP contribution in [0.2, 0.25) is 0 Å². The zero-order valence-corrected chi connectivity index (χ0v) is 8.70. The summed E-state index contributed by atoms with van der Waals surface area (Å²) in [7, 11) is 1.69. The van der Waals surface area contributed by atoms with Crippen LogP contribution >= 0.6 is 0 Å². The summed E-state index contributed by atoms with van der Waals surface area (Å²) >= 11 is 0. The van der Waals surface area contributed by atoms with Crippen molar-refractivity contribution in [1.82, 2.24) is 4.90 Å². The third-order valence-corrected chi connectivity index (χ3v) is 1.92. The highest BCUT2D eigenvalue weighted by Gasteiger charge is 2.04. The molecule has 0 aliphatic rings. The van der Waals surface area contributed by atoms with E-state index in [1.54, 1.807) is 14.0 Å². The van der Waals surface area contributed by atoms with Crippen molar-refractivity contribution in [2.24, 2.45) is 5.73 Å². The predicted molar refractivity (Wildman–Crippen MR) is 53.7 cm³/mol. The van der Waals surface area contributed by atoms with E-state index in [2.05, 4.69) is 4.90 Å². The van der Waals surface area contributed by atoms with Crippen LogP contribution in [0.4, 0.5) is 0 Å². The summed E-state index contributed by atoms with van der Waals surface area (Å²) < 4.78 is 4.98. The minimum Gasteiger partial charge on any atom is -0.393 e. The maximum atomic E-state index is 9.11. The van der Waals surface area contributed by atoms with Gasteiger partial charge in [-0.1, -0.05) is 0 Å². The highest BCUT2D eigenvalue weighted by Crippen LogP contribution is 1.95. The molecular weight excluding hydrogens is 168 g/mol. The number of methoxy groups -OCH3 is 1. The average Bonchev–Trinajstić information content (AvgIpc) is 2.09. The van der Waals surface area contributed by atoms with E-state index in [4.69, 9.17) is 15.6 Å². The topological polar surface area (TPSA) is 58.7 Å². The van der Waals surface area contributed by atoms with Gasteiger partial charge in [0.2, 0.25) is 0 Å².